The van der Waals surface area contributed by atoms with Gasteiger partial charge in [0.15, 0.2) is 17.3 Å². The Morgan fingerprint density at radius 3 is 2.56 bits per heavy atom. The first-order valence-corrected chi connectivity index (χ1v) is 11.7. The van der Waals surface area contributed by atoms with Gasteiger partial charge in [0.2, 0.25) is 0 Å². The van der Waals surface area contributed by atoms with Crippen LogP contribution >= 0.6 is 34.0 Å². The zero-order valence-electron chi connectivity index (χ0n) is 19.8. The van der Waals surface area contributed by atoms with E-state index in [9.17, 15) is 15.0 Å². The number of para-hydroxylation sites is 1. The number of nitrogens with two attached hydrogens (primary N) is 1. The van der Waals surface area contributed by atoms with Crippen LogP contribution in [0.5, 0.6) is 17.2 Å². The summed E-state index contributed by atoms with van der Waals surface area (Å²) in [5.41, 5.74) is 8.98. The number of phenols is 2. The molecule has 0 heterocycles. The van der Waals surface area contributed by atoms with Crippen molar-refractivity contribution in [3.8, 4) is 17.2 Å². The van der Waals surface area contributed by atoms with Crippen LogP contribution in [0.3, 0.4) is 0 Å². The molecule has 34 heavy (non-hydrogen) atoms. The summed E-state index contributed by atoms with van der Waals surface area (Å²) in [6.45, 7) is 1.57. The molecule has 0 bridgehead atoms. The quantitative estimate of drug-likeness (QED) is 0.147. The lowest BCUT2D eigenvalue weighted by Crippen LogP contribution is -2.33. The van der Waals surface area contributed by atoms with Crippen LogP contribution < -0.4 is 15.8 Å². The molecule has 8 heteroatoms. The van der Waals surface area contributed by atoms with E-state index in [-0.39, 0.29) is 63.2 Å². The number of nitrogens with one attached hydrogen (secondary N) is 1. The van der Waals surface area contributed by atoms with Crippen molar-refractivity contribution in [3.63, 3.8) is 0 Å². The smallest absolute Gasteiger partial charge is 0.167 e. The number of benzene rings is 2. The highest BCUT2D eigenvalue weighted by atomic mass is 79.9. The van der Waals surface area contributed by atoms with Gasteiger partial charge in [-0.05, 0) is 61.9 Å². The fraction of sp³-hybridized carbons (Fsp3) is 0.500. The van der Waals surface area contributed by atoms with Gasteiger partial charge in [-0.15, -0.1) is 34.0 Å². The SMILES string of the molecule is Br.Br.COc1ccccc1C(=O)CCNCCCCCCC1c2ccc(O)c(O)c2CCC1N. The van der Waals surface area contributed by atoms with Crippen LogP contribution in [0.15, 0.2) is 36.4 Å². The van der Waals surface area contributed by atoms with Gasteiger partial charge in [-0.1, -0.05) is 37.5 Å². The van der Waals surface area contributed by atoms with E-state index in [1.165, 1.54) is 0 Å². The molecule has 1 aliphatic carbocycles. The summed E-state index contributed by atoms with van der Waals surface area (Å²) < 4.78 is 5.26. The van der Waals surface area contributed by atoms with Gasteiger partial charge in [-0.25, -0.2) is 0 Å². The lowest BCUT2D eigenvalue weighted by Gasteiger charge is -2.32. The number of methoxy groups -OCH3 is 1. The second-order valence-corrected chi connectivity index (χ2v) is 8.64. The van der Waals surface area contributed by atoms with E-state index < -0.39 is 0 Å². The minimum atomic E-state index is -0.0462. The average Bonchev–Trinajstić information content (AvgIpc) is 2.81. The summed E-state index contributed by atoms with van der Waals surface area (Å²) in [4.78, 5) is 12.3. The highest BCUT2D eigenvalue weighted by Gasteiger charge is 2.29. The molecule has 0 aliphatic heterocycles. The van der Waals surface area contributed by atoms with Crippen molar-refractivity contribution in [2.75, 3.05) is 20.2 Å². The van der Waals surface area contributed by atoms with E-state index in [4.69, 9.17) is 10.5 Å². The van der Waals surface area contributed by atoms with E-state index >= 15 is 0 Å². The number of hydrogen-bond acceptors (Lipinski definition) is 6. The maximum atomic E-state index is 12.3. The second-order valence-electron chi connectivity index (χ2n) is 8.64. The highest BCUT2D eigenvalue weighted by Crippen LogP contribution is 2.42. The Labute approximate surface area is 223 Å². The molecule has 0 saturated carbocycles. The van der Waals surface area contributed by atoms with Crippen molar-refractivity contribution < 1.29 is 19.7 Å². The van der Waals surface area contributed by atoms with Crippen molar-refractivity contribution in [2.24, 2.45) is 5.73 Å². The summed E-state index contributed by atoms with van der Waals surface area (Å²) in [5, 5.41) is 23.3. The molecule has 1 aliphatic rings. The van der Waals surface area contributed by atoms with Gasteiger partial charge >= 0.3 is 0 Å². The van der Waals surface area contributed by atoms with E-state index in [0.29, 0.717) is 24.3 Å². The number of hydrogen-bond donors (Lipinski definition) is 4. The number of Topliss-reactive ketones (excluding diaryl/α,β-unsaturated/α-hetero) is 1. The van der Waals surface area contributed by atoms with Crippen molar-refractivity contribution in [1.82, 2.24) is 5.32 Å². The Hall–Kier alpha value is -1.61. The molecule has 2 atom stereocenters. The van der Waals surface area contributed by atoms with Gasteiger partial charge in [-0.2, -0.15) is 0 Å². The van der Waals surface area contributed by atoms with Crippen molar-refractivity contribution in [3.05, 3.63) is 53.1 Å². The largest absolute Gasteiger partial charge is 0.504 e. The molecule has 0 spiro atoms. The standard InChI is InChI=1S/C26H36N2O4.2BrH/c1-32-25-10-6-5-9-21(25)23(29)15-17-28-16-7-3-2-4-8-19-18-12-14-24(30)26(31)20(18)11-13-22(19)27;;/h5-6,9-10,12,14,19,22,28,30-31H,2-4,7-8,11,13,15-17,27H2,1H3;2*1H. The lowest BCUT2D eigenvalue weighted by molar-refractivity contribution is 0.0979. The molecule has 0 amide bonds. The summed E-state index contributed by atoms with van der Waals surface area (Å²) in [5.74, 6) is 0.942. The molecule has 0 aromatic heterocycles. The first kappa shape index (κ1) is 30.4. The van der Waals surface area contributed by atoms with Crippen LogP contribution in [0.25, 0.3) is 0 Å². The maximum absolute atomic E-state index is 12.3. The Bertz CT molecular complexity index is 910. The minimum Gasteiger partial charge on any atom is -0.504 e. The number of fused-ring (bicyclic) bond motifs is 1. The number of carbonyl (C=O) groups is 1. The van der Waals surface area contributed by atoms with Gasteiger partial charge in [-0.3, -0.25) is 4.79 Å². The molecule has 0 radical (unpaired) electrons. The summed E-state index contributed by atoms with van der Waals surface area (Å²) in [7, 11) is 1.58. The third-order valence-electron chi connectivity index (χ3n) is 6.50. The molecule has 2 unspecified atom stereocenters. The van der Waals surface area contributed by atoms with Gasteiger partial charge < -0.3 is 26.0 Å². The molecule has 2 aromatic rings. The fourth-order valence-corrected chi connectivity index (χ4v) is 4.67. The highest BCUT2D eigenvalue weighted by molar-refractivity contribution is 8.93. The van der Waals surface area contributed by atoms with E-state index in [0.717, 1.165) is 62.6 Å². The topological polar surface area (TPSA) is 105 Å². The monoisotopic (exact) mass is 600 g/mol. The predicted octanol–water partition coefficient (Wildman–Crippen LogP) is 5.43. The number of unbranched alkanes of at least 4 members (excludes halogenated alkanes) is 3. The lowest BCUT2D eigenvalue weighted by atomic mass is 9.76. The Kier molecular flexibility index (Phi) is 13.8. The first-order chi connectivity index (χ1) is 15.5. The molecule has 3 rings (SSSR count). The van der Waals surface area contributed by atoms with Gasteiger partial charge in [0.05, 0.1) is 12.7 Å². The van der Waals surface area contributed by atoms with Crippen LogP contribution in [0.2, 0.25) is 0 Å². The summed E-state index contributed by atoms with van der Waals surface area (Å²) >= 11 is 0. The Morgan fingerprint density at radius 1 is 1.06 bits per heavy atom. The van der Waals surface area contributed by atoms with Crippen LogP contribution in [-0.4, -0.2) is 42.2 Å². The number of phenolic OH excluding ortho intramolecular Hbond substituents is 2. The van der Waals surface area contributed by atoms with E-state index in [2.05, 4.69) is 5.32 Å². The zero-order chi connectivity index (χ0) is 22.9. The minimum absolute atomic E-state index is 0. The number of ether oxygens (including phenoxy) is 1. The number of rotatable bonds is 12. The Balaban J connectivity index is 0.00000289. The van der Waals surface area contributed by atoms with Crippen LogP contribution in [-0.2, 0) is 6.42 Å². The predicted molar refractivity (Wildman–Crippen MR) is 147 cm³/mol. The molecule has 2 aromatic carbocycles. The van der Waals surface area contributed by atoms with E-state index in [1.807, 2.05) is 30.3 Å². The third kappa shape index (κ3) is 7.97. The molecule has 6 nitrogen and oxygen atoms in total. The summed E-state index contributed by atoms with van der Waals surface area (Å²) in [6, 6.07) is 10.9. The van der Waals surface area contributed by atoms with E-state index in [1.54, 1.807) is 13.2 Å². The first-order valence-electron chi connectivity index (χ1n) is 11.7. The number of halogens is 2. The molecule has 5 N–H and O–H groups in total. The van der Waals surface area contributed by atoms with Gasteiger partial charge in [0, 0.05) is 24.6 Å². The molecular weight excluding hydrogens is 564 g/mol. The van der Waals surface area contributed by atoms with Crippen LogP contribution in [0.4, 0.5) is 0 Å². The number of carbonyl (C=O) groups excluding carboxylic acids is 1. The normalized spacial score (nSPS) is 16.6. The second kappa shape index (κ2) is 15.4. The molecule has 0 fully saturated rings. The average molecular weight is 602 g/mol. The van der Waals surface area contributed by atoms with Gasteiger partial charge in [0.1, 0.15) is 5.75 Å². The number of ketones is 1. The number of aromatic hydroxyl groups is 2. The molecule has 190 valence electrons. The van der Waals surface area contributed by atoms with Crippen molar-refractivity contribution >= 4 is 39.7 Å². The molecular formula is C26H38Br2N2O4. The summed E-state index contributed by atoms with van der Waals surface area (Å²) in [6.07, 6.45) is 7.44. The zero-order valence-corrected chi connectivity index (χ0v) is 23.2. The van der Waals surface area contributed by atoms with Crippen molar-refractivity contribution in [1.29, 1.82) is 0 Å². The Morgan fingerprint density at radius 2 is 1.79 bits per heavy atom. The van der Waals surface area contributed by atoms with Gasteiger partial charge in [0.25, 0.3) is 0 Å². The van der Waals surface area contributed by atoms with Crippen LogP contribution in [0, 0.1) is 0 Å². The fourth-order valence-electron chi connectivity index (χ4n) is 4.67. The van der Waals surface area contributed by atoms with Crippen molar-refractivity contribution in [2.45, 2.75) is 63.3 Å². The third-order valence-corrected chi connectivity index (χ3v) is 6.50. The van der Waals surface area contributed by atoms with Crippen LogP contribution in [0.1, 0.15) is 72.3 Å². The maximum Gasteiger partial charge on any atom is 0.167 e. The molecule has 0 saturated heterocycles.